The smallest absolute Gasteiger partial charge is 0.320 e. The fourth-order valence-electron chi connectivity index (χ4n) is 3.54. The molecule has 0 radical (unpaired) electrons. The molecule has 3 nitrogen and oxygen atoms in total. The first-order valence-corrected chi connectivity index (χ1v) is 6.83. The van der Waals surface area contributed by atoms with Crippen molar-refractivity contribution in [2.75, 3.05) is 6.54 Å². The highest BCUT2D eigenvalue weighted by Crippen LogP contribution is 2.39. The SMILES string of the molecule is C=CCCCN1C(C(=O)O)CC2CCCCC21. The number of carboxylic acid groups (broad SMARTS) is 1. The summed E-state index contributed by atoms with van der Waals surface area (Å²) in [4.78, 5) is 13.6. The lowest BCUT2D eigenvalue weighted by atomic mass is 9.85. The minimum absolute atomic E-state index is 0.229. The number of carbonyl (C=O) groups is 1. The second-order valence-corrected chi connectivity index (χ2v) is 5.37. The van der Waals surface area contributed by atoms with Gasteiger partial charge in [-0.1, -0.05) is 18.9 Å². The molecule has 1 N–H and O–H groups in total. The van der Waals surface area contributed by atoms with Gasteiger partial charge in [-0.3, -0.25) is 9.69 Å². The molecule has 2 rings (SSSR count). The van der Waals surface area contributed by atoms with Crippen LogP contribution >= 0.6 is 0 Å². The fraction of sp³-hybridized carbons (Fsp3) is 0.786. The molecule has 3 heteroatoms. The second-order valence-electron chi connectivity index (χ2n) is 5.37. The molecule has 17 heavy (non-hydrogen) atoms. The normalized spacial score (nSPS) is 33.3. The molecule has 1 aliphatic carbocycles. The molecule has 0 aromatic rings. The summed E-state index contributed by atoms with van der Waals surface area (Å²) < 4.78 is 0. The van der Waals surface area contributed by atoms with E-state index in [1.807, 2.05) is 6.08 Å². The Bertz CT molecular complexity index is 290. The van der Waals surface area contributed by atoms with Crippen molar-refractivity contribution in [2.45, 2.75) is 57.0 Å². The van der Waals surface area contributed by atoms with Gasteiger partial charge in [0.2, 0.25) is 0 Å². The maximum atomic E-state index is 11.3. The van der Waals surface area contributed by atoms with Crippen LogP contribution in [-0.4, -0.2) is 34.6 Å². The van der Waals surface area contributed by atoms with Gasteiger partial charge in [-0.05, 0) is 44.6 Å². The van der Waals surface area contributed by atoms with E-state index < -0.39 is 5.97 Å². The van der Waals surface area contributed by atoms with Crippen LogP contribution in [0.2, 0.25) is 0 Å². The van der Waals surface area contributed by atoms with Crippen LogP contribution in [-0.2, 0) is 4.79 Å². The van der Waals surface area contributed by atoms with Crippen LogP contribution in [0.15, 0.2) is 12.7 Å². The highest BCUT2D eigenvalue weighted by Gasteiger charge is 2.44. The largest absolute Gasteiger partial charge is 0.480 e. The monoisotopic (exact) mass is 237 g/mol. The predicted molar refractivity (Wildman–Crippen MR) is 67.9 cm³/mol. The summed E-state index contributed by atoms with van der Waals surface area (Å²) in [6.07, 6.45) is 9.80. The summed E-state index contributed by atoms with van der Waals surface area (Å²) in [6, 6.07) is 0.308. The Labute approximate surface area is 103 Å². The van der Waals surface area contributed by atoms with Crippen molar-refractivity contribution in [3.05, 3.63) is 12.7 Å². The number of hydrogen-bond donors (Lipinski definition) is 1. The maximum Gasteiger partial charge on any atom is 0.320 e. The van der Waals surface area contributed by atoms with Crippen molar-refractivity contribution in [3.8, 4) is 0 Å². The van der Waals surface area contributed by atoms with E-state index in [2.05, 4.69) is 11.5 Å². The summed E-state index contributed by atoms with van der Waals surface area (Å²) in [6.45, 7) is 4.65. The number of nitrogens with zero attached hydrogens (tertiary/aromatic N) is 1. The highest BCUT2D eigenvalue weighted by molar-refractivity contribution is 5.74. The zero-order chi connectivity index (χ0) is 12.3. The Morgan fingerprint density at radius 2 is 2.18 bits per heavy atom. The molecular formula is C14H23NO2. The topological polar surface area (TPSA) is 40.5 Å². The van der Waals surface area contributed by atoms with Crippen molar-refractivity contribution < 1.29 is 9.90 Å². The van der Waals surface area contributed by atoms with Gasteiger partial charge in [0.15, 0.2) is 0 Å². The summed E-state index contributed by atoms with van der Waals surface area (Å²) in [5.74, 6) is 0.00610. The number of aliphatic carboxylic acids is 1. The first kappa shape index (κ1) is 12.6. The minimum atomic E-state index is -0.627. The predicted octanol–water partition coefficient (Wildman–Crippen LogP) is 2.67. The third-order valence-corrected chi connectivity index (χ3v) is 4.33. The van der Waals surface area contributed by atoms with E-state index in [4.69, 9.17) is 0 Å². The highest BCUT2D eigenvalue weighted by atomic mass is 16.4. The van der Waals surface area contributed by atoms with Crippen molar-refractivity contribution in [1.29, 1.82) is 0 Å². The number of carboxylic acids is 1. The van der Waals surface area contributed by atoms with Gasteiger partial charge in [-0.25, -0.2) is 0 Å². The van der Waals surface area contributed by atoms with Gasteiger partial charge in [0.05, 0.1) is 0 Å². The number of rotatable bonds is 5. The maximum absolute atomic E-state index is 11.3. The molecule has 0 aromatic heterocycles. The van der Waals surface area contributed by atoms with Crippen molar-refractivity contribution >= 4 is 5.97 Å². The fourth-order valence-corrected chi connectivity index (χ4v) is 3.54. The van der Waals surface area contributed by atoms with Crippen LogP contribution in [0.25, 0.3) is 0 Å². The molecule has 1 saturated carbocycles. The molecular weight excluding hydrogens is 214 g/mol. The van der Waals surface area contributed by atoms with Gasteiger partial charge in [0.25, 0.3) is 0 Å². The van der Waals surface area contributed by atoms with Gasteiger partial charge in [-0.2, -0.15) is 0 Å². The van der Waals surface area contributed by atoms with Crippen LogP contribution in [0.5, 0.6) is 0 Å². The lowest BCUT2D eigenvalue weighted by Gasteiger charge is -2.32. The zero-order valence-corrected chi connectivity index (χ0v) is 10.5. The van der Waals surface area contributed by atoms with Crippen LogP contribution in [0, 0.1) is 5.92 Å². The van der Waals surface area contributed by atoms with E-state index in [1.165, 1.54) is 25.7 Å². The Balaban J connectivity index is 2.00. The molecule has 0 bridgehead atoms. The Morgan fingerprint density at radius 3 is 2.88 bits per heavy atom. The van der Waals surface area contributed by atoms with Gasteiger partial charge in [0.1, 0.15) is 6.04 Å². The molecule has 1 aliphatic heterocycles. The molecule has 3 unspecified atom stereocenters. The molecule has 3 atom stereocenters. The van der Waals surface area contributed by atoms with Gasteiger partial charge >= 0.3 is 5.97 Å². The molecule has 0 spiro atoms. The van der Waals surface area contributed by atoms with Crippen LogP contribution in [0.1, 0.15) is 44.9 Å². The summed E-state index contributed by atoms with van der Waals surface area (Å²) in [5, 5.41) is 9.33. The zero-order valence-electron chi connectivity index (χ0n) is 10.5. The van der Waals surface area contributed by atoms with E-state index in [9.17, 15) is 9.90 Å². The number of allylic oxidation sites excluding steroid dienone is 1. The lowest BCUT2D eigenvalue weighted by molar-refractivity contribution is -0.142. The number of fused-ring (bicyclic) bond motifs is 1. The van der Waals surface area contributed by atoms with E-state index in [1.54, 1.807) is 0 Å². The summed E-state index contributed by atoms with van der Waals surface area (Å²) in [7, 11) is 0. The Morgan fingerprint density at radius 1 is 1.41 bits per heavy atom. The molecule has 0 amide bonds. The van der Waals surface area contributed by atoms with Gasteiger partial charge in [-0.15, -0.1) is 6.58 Å². The average molecular weight is 237 g/mol. The molecule has 0 aromatic carbocycles. The van der Waals surface area contributed by atoms with Crippen LogP contribution in [0.4, 0.5) is 0 Å². The van der Waals surface area contributed by atoms with E-state index in [0.717, 1.165) is 25.8 Å². The third kappa shape index (κ3) is 2.71. The molecule has 96 valence electrons. The molecule has 2 aliphatic rings. The quantitative estimate of drug-likeness (QED) is 0.590. The second kappa shape index (κ2) is 5.67. The van der Waals surface area contributed by atoms with E-state index >= 15 is 0 Å². The van der Waals surface area contributed by atoms with Gasteiger partial charge in [0, 0.05) is 6.04 Å². The van der Waals surface area contributed by atoms with Crippen molar-refractivity contribution in [1.82, 2.24) is 4.90 Å². The molecule has 1 heterocycles. The number of likely N-dealkylation sites (tertiary alicyclic amines) is 1. The van der Waals surface area contributed by atoms with Crippen molar-refractivity contribution in [3.63, 3.8) is 0 Å². The van der Waals surface area contributed by atoms with E-state index in [-0.39, 0.29) is 6.04 Å². The number of hydrogen-bond acceptors (Lipinski definition) is 2. The third-order valence-electron chi connectivity index (χ3n) is 4.33. The standard InChI is InChI=1S/C14H23NO2/c1-2-3-6-9-15-12-8-5-4-7-11(12)10-13(15)14(16)17/h2,11-13H,1,3-10H2,(H,16,17). The van der Waals surface area contributed by atoms with Crippen molar-refractivity contribution in [2.24, 2.45) is 5.92 Å². The molecule has 1 saturated heterocycles. The summed E-state index contributed by atoms with van der Waals surface area (Å²) in [5.41, 5.74) is 0. The first-order valence-electron chi connectivity index (χ1n) is 6.83. The Hall–Kier alpha value is -0.830. The van der Waals surface area contributed by atoms with Crippen LogP contribution < -0.4 is 0 Å². The molecule has 2 fully saturated rings. The minimum Gasteiger partial charge on any atom is -0.480 e. The first-order chi connectivity index (χ1) is 8.24. The average Bonchev–Trinajstić information content (AvgIpc) is 2.69. The Kier molecular flexibility index (Phi) is 4.21. The summed E-state index contributed by atoms with van der Waals surface area (Å²) >= 11 is 0. The van der Waals surface area contributed by atoms with Gasteiger partial charge < -0.3 is 5.11 Å². The van der Waals surface area contributed by atoms with Crippen LogP contribution in [0.3, 0.4) is 0 Å². The van der Waals surface area contributed by atoms with E-state index in [0.29, 0.717) is 12.0 Å². The lowest BCUT2D eigenvalue weighted by Crippen LogP contribution is -2.42. The number of unbranched alkanes of at least 4 members (excludes halogenated alkanes) is 1.